The SMILES string of the molecule is NC(=S)C1(c2cnc3ccccc3c2)CCCCC1COC(=O)c1ccccc1. The second-order valence-electron chi connectivity index (χ2n) is 7.66. The molecule has 1 aromatic heterocycles. The molecule has 0 bridgehead atoms. The number of pyridine rings is 1. The number of carbonyl (C=O) groups excluding carboxylic acids is 1. The Hall–Kier alpha value is -2.79. The summed E-state index contributed by atoms with van der Waals surface area (Å²) < 4.78 is 5.71. The Kier molecular flexibility index (Phi) is 5.58. The summed E-state index contributed by atoms with van der Waals surface area (Å²) in [5, 5.41) is 1.06. The molecule has 5 heteroatoms. The number of esters is 1. The van der Waals surface area contributed by atoms with Crippen LogP contribution >= 0.6 is 12.2 Å². The maximum atomic E-state index is 12.5. The third-order valence-corrected chi connectivity index (χ3v) is 6.41. The van der Waals surface area contributed by atoms with Crippen LogP contribution in [0.3, 0.4) is 0 Å². The van der Waals surface area contributed by atoms with E-state index in [1.54, 1.807) is 12.1 Å². The van der Waals surface area contributed by atoms with Gasteiger partial charge in [-0.2, -0.15) is 0 Å². The van der Waals surface area contributed by atoms with E-state index in [4.69, 9.17) is 22.7 Å². The highest BCUT2D eigenvalue weighted by Crippen LogP contribution is 2.45. The van der Waals surface area contributed by atoms with Crippen molar-refractivity contribution in [3.8, 4) is 0 Å². The minimum absolute atomic E-state index is 0.0318. The fraction of sp³-hybridized carbons (Fsp3) is 0.292. The minimum Gasteiger partial charge on any atom is -0.462 e. The van der Waals surface area contributed by atoms with Crippen molar-refractivity contribution in [2.75, 3.05) is 6.61 Å². The number of hydrogen-bond donors (Lipinski definition) is 1. The Bertz CT molecular complexity index is 1040. The lowest BCUT2D eigenvalue weighted by atomic mass is 9.63. The van der Waals surface area contributed by atoms with Crippen LogP contribution in [0, 0.1) is 5.92 Å². The van der Waals surface area contributed by atoms with E-state index in [0.29, 0.717) is 10.6 Å². The number of benzene rings is 2. The van der Waals surface area contributed by atoms with Crippen molar-refractivity contribution < 1.29 is 9.53 Å². The van der Waals surface area contributed by atoms with Gasteiger partial charge in [-0.15, -0.1) is 0 Å². The molecule has 4 rings (SSSR count). The lowest BCUT2D eigenvalue weighted by Crippen LogP contribution is -2.50. The average Bonchev–Trinajstić information content (AvgIpc) is 2.77. The highest BCUT2D eigenvalue weighted by atomic mass is 32.1. The number of carbonyl (C=O) groups is 1. The highest BCUT2D eigenvalue weighted by molar-refractivity contribution is 7.80. The van der Waals surface area contributed by atoms with Gasteiger partial charge in [-0.1, -0.05) is 61.5 Å². The second-order valence-corrected chi connectivity index (χ2v) is 8.10. The molecule has 3 aromatic rings. The summed E-state index contributed by atoms with van der Waals surface area (Å²) in [6, 6.07) is 19.2. The Morgan fingerprint density at radius 3 is 2.69 bits per heavy atom. The lowest BCUT2D eigenvalue weighted by molar-refractivity contribution is 0.0354. The van der Waals surface area contributed by atoms with Crippen molar-refractivity contribution in [1.29, 1.82) is 0 Å². The van der Waals surface area contributed by atoms with Crippen LogP contribution in [0.4, 0.5) is 0 Å². The zero-order chi connectivity index (χ0) is 20.3. The van der Waals surface area contributed by atoms with Crippen molar-refractivity contribution in [2.45, 2.75) is 31.1 Å². The Morgan fingerprint density at radius 2 is 1.90 bits per heavy atom. The summed E-state index contributed by atoms with van der Waals surface area (Å²) >= 11 is 5.59. The fourth-order valence-electron chi connectivity index (χ4n) is 4.47. The van der Waals surface area contributed by atoms with Gasteiger partial charge in [0.25, 0.3) is 0 Å². The molecule has 0 amide bonds. The van der Waals surface area contributed by atoms with Gasteiger partial charge >= 0.3 is 5.97 Å². The fourth-order valence-corrected chi connectivity index (χ4v) is 4.85. The van der Waals surface area contributed by atoms with Gasteiger partial charge < -0.3 is 10.5 Å². The van der Waals surface area contributed by atoms with Crippen LogP contribution in [0.15, 0.2) is 66.9 Å². The zero-order valence-electron chi connectivity index (χ0n) is 16.2. The Labute approximate surface area is 176 Å². The van der Waals surface area contributed by atoms with Crippen LogP contribution < -0.4 is 5.73 Å². The first-order chi connectivity index (χ1) is 14.1. The number of nitrogens with zero attached hydrogens (tertiary/aromatic N) is 1. The number of fused-ring (bicyclic) bond motifs is 1. The van der Waals surface area contributed by atoms with E-state index >= 15 is 0 Å². The summed E-state index contributed by atoms with van der Waals surface area (Å²) in [6.45, 7) is 0.290. The molecule has 0 aliphatic heterocycles. The van der Waals surface area contributed by atoms with Crippen LogP contribution in [0.1, 0.15) is 41.6 Å². The predicted molar refractivity (Wildman–Crippen MR) is 119 cm³/mol. The third-order valence-electron chi connectivity index (χ3n) is 6.04. The molecule has 1 aliphatic rings. The van der Waals surface area contributed by atoms with Gasteiger partial charge in [-0.3, -0.25) is 4.98 Å². The molecule has 1 heterocycles. The van der Waals surface area contributed by atoms with Crippen LogP contribution in [-0.4, -0.2) is 22.5 Å². The van der Waals surface area contributed by atoms with Crippen molar-refractivity contribution in [2.24, 2.45) is 11.7 Å². The van der Waals surface area contributed by atoms with Crippen LogP contribution in [0.2, 0.25) is 0 Å². The number of hydrogen-bond acceptors (Lipinski definition) is 4. The predicted octanol–water partition coefficient (Wildman–Crippen LogP) is 4.81. The maximum absolute atomic E-state index is 12.5. The van der Waals surface area contributed by atoms with E-state index in [-0.39, 0.29) is 18.5 Å². The van der Waals surface area contributed by atoms with Gasteiger partial charge in [0, 0.05) is 17.5 Å². The zero-order valence-corrected chi connectivity index (χ0v) is 17.0. The van der Waals surface area contributed by atoms with E-state index in [9.17, 15) is 4.79 Å². The molecule has 0 saturated heterocycles. The van der Waals surface area contributed by atoms with Gasteiger partial charge in [0.2, 0.25) is 0 Å². The molecule has 148 valence electrons. The van der Waals surface area contributed by atoms with E-state index in [0.717, 1.165) is 42.1 Å². The molecule has 4 nitrogen and oxygen atoms in total. The van der Waals surface area contributed by atoms with E-state index in [1.807, 2.05) is 48.7 Å². The summed E-state index contributed by atoms with van der Waals surface area (Å²) in [5.41, 5.74) is 8.35. The molecule has 1 saturated carbocycles. The number of ether oxygens (including phenoxy) is 1. The summed E-state index contributed by atoms with van der Waals surface area (Å²) in [5.74, 6) is -0.283. The second kappa shape index (κ2) is 8.29. The van der Waals surface area contributed by atoms with E-state index < -0.39 is 5.41 Å². The third kappa shape index (κ3) is 3.75. The molecule has 2 unspecified atom stereocenters. The first-order valence-corrected chi connectivity index (χ1v) is 10.4. The molecular weight excluding hydrogens is 380 g/mol. The van der Waals surface area contributed by atoms with Crippen LogP contribution in [0.5, 0.6) is 0 Å². The van der Waals surface area contributed by atoms with Gasteiger partial charge in [0.1, 0.15) is 0 Å². The van der Waals surface area contributed by atoms with Crippen molar-refractivity contribution in [3.63, 3.8) is 0 Å². The summed E-state index contributed by atoms with van der Waals surface area (Å²) in [6.07, 6.45) is 5.74. The van der Waals surface area contributed by atoms with Crippen molar-refractivity contribution in [1.82, 2.24) is 4.98 Å². The Balaban J connectivity index is 1.65. The summed E-state index contributed by atoms with van der Waals surface area (Å²) in [7, 11) is 0. The van der Waals surface area contributed by atoms with Gasteiger partial charge in [-0.05, 0) is 42.7 Å². The Morgan fingerprint density at radius 1 is 1.14 bits per heavy atom. The molecule has 1 aliphatic carbocycles. The number of thiocarbonyl (C=S) groups is 1. The first kappa shape index (κ1) is 19.5. The van der Waals surface area contributed by atoms with E-state index in [1.165, 1.54) is 0 Å². The minimum atomic E-state index is -0.512. The van der Waals surface area contributed by atoms with Crippen LogP contribution in [0.25, 0.3) is 10.9 Å². The van der Waals surface area contributed by atoms with Crippen molar-refractivity contribution in [3.05, 3.63) is 78.0 Å². The molecule has 2 atom stereocenters. The molecule has 1 fully saturated rings. The largest absolute Gasteiger partial charge is 0.462 e. The van der Waals surface area contributed by atoms with Gasteiger partial charge in [-0.25, -0.2) is 4.79 Å². The highest BCUT2D eigenvalue weighted by Gasteiger charge is 2.45. The monoisotopic (exact) mass is 404 g/mol. The lowest BCUT2D eigenvalue weighted by Gasteiger charge is -2.43. The normalized spacial score (nSPS) is 21.6. The van der Waals surface area contributed by atoms with Crippen LogP contribution in [-0.2, 0) is 10.2 Å². The first-order valence-electron chi connectivity index (χ1n) is 9.98. The summed E-state index contributed by atoms with van der Waals surface area (Å²) in [4.78, 5) is 17.6. The maximum Gasteiger partial charge on any atom is 0.338 e. The van der Waals surface area contributed by atoms with Gasteiger partial charge in [0.05, 0.1) is 28.1 Å². The quantitative estimate of drug-likeness (QED) is 0.488. The average molecular weight is 405 g/mol. The molecule has 2 aromatic carbocycles. The molecule has 2 N–H and O–H groups in total. The van der Waals surface area contributed by atoms with Crippen molar-refractivity contribution >= 4 is 34.1 Å². The number of rotatable bonds is 5. The number of para-hydroxylation sites is 1. The molecule has 0 radical (unpaired) electrons. The molecular formula is C24H24N2O2S. The number of nitrogens with two attached hydrogens (primary N) is 1. The number of aromatic nitrogens is 1. The smallest absolute Gasteiger partial charge is 0.338 e. The van der Waals surface area contributed by atoms with E-state index in [2.05, 4.69) is 11.1 Å². The molecule has 29 heavy (non-hydrogen) atoms. The standard InChI is InChI=1S/C24H24N2O2S/c25-23(29)24(20-14-18-10-4-5-12-21(18)26-15-20)13-7-6-11-19(24)16-28-22(27)17-8-2-1-3-9-17/h1-5,8-10,12,14-15,19H,6-7,11,13,16H2,(H2,25,29). The topological polar surface area (TPSA) is 65.2 Å². The van der Waals surface area contributed by atoms with Gasteiger partial charge in [0.15, 0.2) is 0 Å². The molecule has 0 spiro atoms.